The van der Waals surface area contributed by atoms with Crippen molar-refractivity contribution in [2.24, 2.45) is 0 Å². The molecule has 0 unspecified atom stereocenters. The number of carbonyl (C=O) groups excluding carboxylic acids is 1. The topological polar surface area (TPSA) is 44.6 Å². The number of aromatic nitrogens is 2. The minimum atomic E-state index is 0.287. The van der Waals surface area contributed by atoms with Crippen LogP contribution in [0.4, 0.5) is 0 Å². The lowest BCUT2D eigenvalue weighted by molar-refractivity contribution is -0.133. The van der Waals surface area contributed by atoms with Crippen molar-refractivity contribution in [3.05, 3.63) is 18.2 Å². The lowest BCUT2D eigenvalue weighted by Crippen LogP contribution is -2.46. The minimum Gasteiger partial charge on any atom is -0.341 e. The third-order valence-corrected chi connectivity index (χ3v) is 6.01. The summed E-state index contributed by atoms with van der Waals surface area (Å²) >= 11 is 0. The fourth-order valence-electron chi connectivity index (χ4n) is 4.38. The van der Waals surface area contributed by atoms with Gasteiger partial charge in [-0.2, -0.15) is 0 Å². The summed E-state index contributed by atoms with van der Waals surface area (Å²) in [7, 11) is 6.31. The number of hydrogen-bond acceptors (Lipinski definition) is 4. The summed E-state index contributed by atoms with van der Waals surface area (Å²) in [6.07, 6.45) is 11.3. The predicted octanol–water partition coefficient (Wildman–Crippen LogP) is 2.03. The summed E-state index contributed by atoms with van der Waals surface area (Å²) in [6.45, 7) is 4.23. The van der Waals surface area contributed by atoms with Crippen LogP contribution in [-0.4, -0.2) is 83.5 Å². The second-order valence-corrected chi connectivity index (χ2v) is 8.31. The Hall–Kier alpha value is -1.40. The molecule has 1 saturated heterocycles. The van der Waals surface area contributed by atoms with Gasteiger partial charge in [-0.1, -0.05) is 12.8 Å². The van der Waals surface area contributed by atoms with E-state index in [9.17, 15) is 4.79 Å². The summed E-state index contributed by atoms with van der Waals surface area (Å²) < 4.78 is 2.27. The van der Waals surface area contributed by atoms with Gasteiger partial charge in [-0.25, -0.2) is 4.98 Å². The summed E-state index contributed by atoms with van der Waals surface area (Å²) in [4.78, 5) is 24.0. The van der Waals surface area contributed by atoms with Crippen molar-refractivity contribution in [1.82, 2.24) is 24.3 Å². The third kappa shape index (κ3) is 4.86. The van der Waals surface area contributed by atoms with Crippen LogP contribution in [0.2, 0.25) is 0 Å². The molecule has 1 saturated carbocycles. The Bertz CT molecular complexity index is 579. The van der Waals surface area contributed by atoms with Gasteiger partial charge in [-0.3, -0.25) is 9.69 Å². The van der Waals surface area contributed by atoms with Gasteiger partial charge in [0.25, 0.3) is 0 Å². The summed E-state index contributed by atoms with van der Waals surface area (Å²) in [5.74, 6) is 1.80. The summed E-state index contributed by atoms with van der Waals surface area (Å²) in [5, 5.41) is 0. The van der Waals surface area contributed by atoms with Crippen molar-refractivity contribution < 1.29 is 4.79 Å². The number of imidazole rings is 1. The van der Waals surface area contributed by atoms with Crippen LogP contribution < -0.4 is 0 Å². The van der Waals surface area contributed by atoms with Crippen molar-refractivity contribution in [3.63, 3.8) is 0 Å². The zero-order chi connectivity index (χ0) is 18.5. The molecule has 6 heteroatoms. The molecule has 1 aromatic rings. The van der Waals surface area contributed by atoms with Gasteiger partial charge in [0.2, 0.25) is 5.91 Å². The van der Waals surface area contributed by atoms with E-state index in [0.717, 1.165) is 44.8 Å². The monoisotopic (exact) mass is 361 g/mol. The molecule has 1 atom stereocenters. The van der Waals surface area contributed by atoms with E-state index in [0.29, 0.717) is 18.5 Å². The van der Waals surface area contributed by atoms with E-state index in [-0.39, 0.29) is 5.91 Å². The minimum absolute atomic E-state index is 0.287. The van der Waals surface area contributed by atoms with Crippen molar-refractivity contribution in [1.29, 1.82) is 0 Å². The number of likely N-dealkylation sites (N-methyl/N-ethyl adjacent to an activating group) is 2. The summed E-state index contributed by atoms with van der Waals surface area (Å²) in [6, 6.07) is 0.601. The molecule has 26 heavy (non-hydrogen) atoms. The first-order valence-electron chi connectivity index (χ1n) is 10.2. The molecule has 2 fully saturated rings. The fraction of sp³-hybridized carbons (Fsp3) is 0.800. The van der Waals surface area contributed by atoms with Gasteiger partial charge in [-0.15, -0.1) is 0 Å². The van der Waals surface area contributed by atoms with E-state index in [1.165, 1.54) is 25.7 Å². The molecule has 0 N–H and O–H groups in total. The van der Waals surface area contributed by atoms with Gasteiger partial charge < -0.3 is 14.4 Å². The first-order chi connectivity index (χ1) is 12.5. The Morgan fingerprint density at radius 3 is 2.69 bits per heavy atom. The highest BCUT2D eigenvalue weighted by Gasteiger charge is 2.29. The number of rotatable bonds is 7. The largest absolute Gasteiger partial charge is 0.341 e. The van der Waals surface area contributed by atoms with Crippen molar-refractivity contribution in [2.75, 3.05) is 47.3 Å². The Balaban J connectivity index is 1.57. The number of carbonyl (C=O) groups is 1. The standard InChI is InChI=1S/C20H35N5O/c1-22(2)13-14-24-12-10-21-20(24)17-7-6-11-25(15-17)19(26)16-23(3)18-8-4-5-9-18/h10,12,17-18H,4-9,11,13-16H2,1-3H3/t17-/m0/s1. The zero-order valence-electron chi connectivity index (χ0n) is 16.7. The molecule has 2 heterocycles. The molecule has 0 bridgehead atoms. The number of amides is 1. The smallest absolute Gasteiger partial charge is 0.236 e. The molecule has 0 spiro atoms. The Morgan fingerprint density at radius 1 is 1.19 bits per heavy atom. The lowest BCUT2D eigenvalue weighted by Gasteiger charge is -2.34. The van der Waals surface area contributed by atoms with Gasteiger partial charge >= 0.3 is 0 Å². The molecule has 3 rings (SSSR count). The van der Waals surface area contributed by atoms with Gasteiger partial charge in [-0.05, 0) is 46.8 Å². The van der Waals surface area contributed by atoms with E-state index in [1.807, 2.05) is 6.20 Å². The van der Waals surface area contributed by atoms with Crippen LogP contribution in [0.25, 0.3) is 0 Å². The van der Waals surface area contributed by atoms with E-state index in [4.69, 9.17) is 0 Å². The first-order valence-corrected chi connectivity index (χ1v) is 10.2. The molecular formula is C20H35N5O. The second-order valence-electron chi connectivity index (χ2n) is 8.31. The normalized spacial score (nSPS) is 21.9. The molecule has 1 aromatic heterocycles. The number of nitrogens with zero attached hydrogens (tertiary/aromatic N) is 5. The molecule has 2 aliphatic rings. The van der Waals surface area contributed by atoms with Crippen molar-refractivity contribution >= 4 is 5.91 Å². The number of hydrogen-bond donors (Lipinski definition) is 0. The van der Waals surface area contributed by atoms with Crippen LogP contribution in [0.15, 0.2) is 12.4 Å². The average Bonchev–Trinajstić information content (AvgIpc) is 3.31. The fourth-order valence-corrected chi connectivity index (χ4v) is 4.38. The molecule has 1 amide bonds. The van der Waals surface area contributed by atoms with Crippen molar-refractivity contribution in [3.8, 4) is 0 Å². The van der Waals surface area contributed by atoms with Gasteiger partial charge in [0, 0.05) is 50.5 Å². The highest BCUT2D eigenvalue weighted by atomic mass is 16.2. The predicted molar refractivity (Wildman–Crippen MR) is 104 cm³/mol. The van der Waals surface area contributed by atoms with Crippen LogP contribution in [0.5, 0.6) is 0 Å². The second kappa shape index (κ2) is 9.00. The molecule has 6 nitrogen and oxygen atoms in total. The Labute approximate surface area is 158 Å². The van der Waals surface area contributed by atoms with E-state index < -0.39 is 0 Å². The lowest BCUT2D eigenvalue weighted by atomic mass is 9.97. The van der Waals surface area contributed by atoms with E-state index >= 15 is 0 Å². The van der Waals surface area contributed by atoms with Gasteiger partial charge in [0.05, 0.1) is 6.54 Å². The Kier molecular flexibility index (Phi) is 6.70. The molecule has 1 aliphatic carbocycles. The first kappa shape index (κ1) is 19.4. The molecule has 0 radical (unpaired) electrons. The van der Waals surface area contributed by atoms with Crippen LogP contribution in [0.1, 0.15) is 50.3 Å². The van der Waals surface area contributed by atoms with Crippen LogP contribution >= 0.6 is 0 Å². The van der Waals surface area contributed by atoms with Crippen molar-refractivity contribution in [2.45, 2.75) is 57.0 Å². The average molecular weight is 362 g/mol. The number of likely N-dealkylation sites (tertiary alicyclic amines) is 1. The van der Waals surface area contributed by atoms with Crippen LogP contribution in [0.3, 0.4) is 0 Å². The maximum Gasteiger partial charge on any atom is 0.236 e. The number of piperidine rings is 1. The molecule has 146 valence electrons. The molecular weight excluding hydrogens is 326 g/mol. The van der Waals surface area contributed by atoms with Gasteiger partial charge in [0.1, 0.15) is 5.82 Å². The van der Waals surface area contributed by atoms with Crippen LogP contribution in [0, 0.1) is 0 Å². The van der Waals surface area contributed by atoms with Crippen LogP contribution in [-0.2, 0) is 11.3 Å². The van der Waals surface area contributed by atoms with E-state index in [2.05, 4.69) is 51.6 Å². The maximum atomic E-state index is 12.8. The summed E-state index contributed by atoms with van der Waals surface area (Å²) in [5.41, 5.74) is 0. The Morgan fingerprint density at radius 2 is 1.96 bits per heavy atom. The maximum absolute atomic E-state index is 12.8. The highest BCUT2D eigenvalue weighted by Crippen LogP contribution is 2.27. The molecule has 1 aliphatic heterocycles. The quantitative estimate of drug-likeness (QED) is 0.745. The SMILES string of the molecule is CN(C)CCn1ccnc1[C@H]1CCCN(C(=O)CN(C)C2CCCC2)C1. The third-order valence-electron chi connectivity index (χ3n) is 6.01. The van der Waals surface area contributed by atoms with E-state index in [1.54, 1.807) is 0 Å². The van der Waals surface area contributed by atoms with Gasteiger partial charge in [0.15, 0.2) is 0 Å². The zero-order valence-corrected chi connectivity index (χ0v) is 16.7. The molecule has 0 aromatic carbocycles. The highest BCUT2D eigenvalue weighted by molar-refractivity contribution is 5.78.